The fourth-order valence-electron chi connectivity index (χ4n) is 1.90. The van der Waals surface area contributed by atoms with Gasteiger partial charge in [-0.2, -0.15) is 0 Å². The Morgan fingerprint density at radius 3 is 2.42 bits per heavy atom. The number of carbonyl (C=O) groups excluding carboxylic acids is 1. The fraction of sp³-hybridized carbons (Fsp3) is 0.533. The van der Waals surface area contributed by atoms with Crippen LogP contribution >= 0.6 is 0 Å². The van der Waals surface area contributed by atoms with Crippen molar-refractivity contribution >= 4 is 5.91 Å². The van der Waals surface area contributed by atoms with E-state index < -0.39 is 0 Å². The predicted octanol–water partition coefficient (Wildman–Crippen LogP) is 2.87. The maximum atomic E-state index is 12.2. The second kappa shape index (κ2) is 7.67. The van der Waals surface area contributed by atoms with Crippen LogP contribution in [0.3, 0.4) is 0 Å². The third-order valence-corrected chi connectivity index (χ3v) is 3.36. The molecular formula is C15H23NO3. The highest BCUT2D eigenvalue weighted by molar-refractivity contribution is 5.97. The smallest absolute Gasteiger partial charge is 0.255 e. The number of hydrogen-bond donors (Lipinski definition) is 1. The number of ether oxygens (including phenoxy) is 2. The lowest BCUT2D eigenvalue weighted by Gasteiger charge is -2.15. The summed E-state index contributed by atoms with van der Waals surface area (Å²) in [7, 11) is 3.13. The standard InChI is InChI=1S/C15H23NO3/c1-5-11(6-2)10-16-15(17)13-9-12(18-3)7-8-14(13)19-4/h7-9,11H,5-6,10H2,1-4H3,(H,16,17). The Bertz CT molecular complexity index is 414. The zero-order chi connectivity index (χ0) is 14.3. The first kappa shape index (κ1) is 15.3. The molecule has 0 atom stereocenters. The van der Waals surface area contributed by atoms with Gasteiger partial charge in [0.1, 0.15) is 11.5 Å². The SMILES string of the molecule is CCC(CC)CNC(=O)c1cc(OC)ccc1OC. The van der Waals surface area contributed by atoms with E-state index in [0.29, 0.717) is 29.5 Å². The van der Waals surface area contributed by atoms with Crippen LogP contribution in [0.2, 0.25) is 0 Å². The first-order valence-corrected chi connectivity index (χ1v) is 6.66. The molecule has 0 unspecified atom stereocenters. The second-order valence-electron chi connectivity index (χ2n) is 4.46. The average Bonchev–Trinajstić information content (AvgIpc) is 2.47. The van der Waals surface area contributed by atoms with E-state index >= 15 is 0 Å². The molecule has 0 bridgehead atoms. The molecule has 0 aliphatic carbocycles. The minimum atomic E-state index is -0.123. The molecule has 4 nitrogen and oxygen atoms in total. The molecule has 0 radical (unpaired) electrons. The van der Waals surface area contributed by atoms with Crippen LogP contribution in [0.15, 0.2) is 18.2 Å². The minimum absolute atomic E-state index is 0.123. The van der Waals surface area contributed by atoms with Crippen LogP contribution in [-0.4, -0.2) is 26.7 Å². The van der Waals surface area contributed by atoms with E-state index in [4.69, 9.17) is 9.47 Å². The van der Waals surface area contributed by atoms with Gasteiger partial charge in [-0.25, -0.2) is 0 Å². The van der Waals surface area contributed by atoms with Crippen molar-refractivity contribution in [1.29, 1.82) is 0 Å². The van der Waals surface area contributed by atoms with Crippen molar-refractivity contribution in [2.24, 2.45) is 5.92 Å². The Kier molecular flexibility index (Phi) is 6.19. The molecule has 0 fully saturated rings. The molecule has 0 aliphatic rings. The Hall–Kier alpha value is -1.71. The summed E-state index contributed by atoms with van der Waals surface area (Å²) < 4.78 is 10.3. The highest BCUT2D eigenvalue weighted by Crippen LogP contribution is 2.23. The van der Waals surface area contributed by atoms with Crippen molar-refractivity contribution in [1.82, 2.24) is 5.32 Å². The third kappa shape index (κ3) is 4.16. The minimum Gasteiger partial charge on any atom is -0.497 e. The van der Waals surface area contributed by atoms with E-state index in [1.807, 2.05) is 0 Å². The topological polar surface area (TPSA) is 47.6 Å². The molecule has 1 amide bonds. The summed E-state index contributed by atoms with van der Waals surface area (Å²) in [6.45, 7) is 4.95. The van der Waals surface area contributed by atoms with Gasteiger partial charge >= 0.3 is 0 Å². The molecule has 0 aliphatic heterocycles. The van der Waals surface area contributed by atoms with Crippen molar-refractivity contribution in [2.45, 2.75) is 26.7 Å². The zero-order valence-corrected chi connectivity index (χ0v) is 12.2. The molecule has 0 spiro atoms. The predicted molar refractivity (Wildman–Crippen MR) is 76.0 cm³/mol. The van der Waals surface area contributed by atoms with E-state index in [-0.39, 0.29) is 5.91 Å². The average molecular weight is 265 g/mol. The van der Waals surface area contributed by atoms with E-state index in [1.165, 1.54) is 0 Å². The van der Waals surface area contributed by atoms with Crippen LogP contribution in [0.25, 0.3) is 0 Å². The maximum Gasteiger partial charge on any atom is 0.255 e. The van der Waals surface area contributed by atoms with E-state index in [9.17, 15) is 4.79 Å². The number of nitrogens with one attached hydrogen (secondary N) is 1. The Labute approximate surface area is 115 Å². The summed E-state index contributed by atoms with van der Waals surface area (Å²) in [6.07, 6.45) is 2.12. The van der Waals surface area contributed by atoms with Crippen LogP contribution in [-0.2, 0) is 0 Å². The molecule has 4 heteroatoms. The Morgan fingerprint density at radius 2 is 1.89 bits per heavy atom. The van der Waals surface area contributed by atoms with E-state index in [0.717, 1.165) is 12.8 Å². The van der Waals surface area contributed by atoms with Gasteiger partial charge in [0.05, 0.1) is 19.8 Å². The van der Waals surface area contributed by atoms with Crippen LogP contribution in [0, 0.1) is 5.92 Å². The van der Waals surface area contributed by atoms with E-state index in [1.54, 1.807) is 32.4 Å². The number of rotatable bonds is 7. The van der Waals surface area contributed by atoms with Gasteiger partial charge in [0.2, 0.25) is 0 Å². The molecular weight excluding hydrogens is 242 g/mol. The number of carbonyl (C=O) groups is 1. The van der Waals surface area contributed by atoms with Gasteiger partial charge in [0, 0.05) is 6.54 Å². The largest absolute Gasteiger partial charge is 0.497 e. The van der Waals surface area contributed by atoms with Gasteiger partial charge in [-0.3, -0.25) is 4.79 Å². The van der Waals surface area contributed by atoms with Gasteiger partial charge in [-0.1, -0.05) is 26.7 Å². The van der Waals surface area contributed by atoms with Crippen LogP contribution in [0.5, 0.6) is 11.5 Å². The normalized spacial score (nSPS) is 10.4. The van der Waals surface area contributed by atoms with Gasteiger partial charge in [-0.05, 0) is 24.1 Å². The Morgan fingerprint density at radius 1 is 1.21 bits per heavy atom. The first-order chi connectivity index (χ1) is 9.15. The monoisotopic (exact) mass is 265 g/mol. The number of benzene rings is 1. The van der Waals surface area contributed by atoms with Crippen molar-refractivity contribution in [3.05, 3.63) is 23.8 Å². The first-order valence-electron chi connectivity index (χ1n) is 6.66. The molecule has 1 N–H and O–H groups in total. The second-order valence-corrected chi connectivity index (χ2v) is 4.46. The maximum absolute atomic E-state index is 12.2. The van der Waals surface area contributed by atoms with Crippen molar-refractivity contribution in [3.8, 4) is 11.5 Å². The number of methoxy groups -OCH3 is 2. The third-order valence-electron chi connectivity index (χ3n) is 3.36. The summed E-state index contributed by atoms with van der Waals surface area (Å²) in [6, 6.07) is 5.21. The van der Waals surface area contributed by atoms with Crippen molar-refractivity contribution in [2.75, 3.05) is 20.8 Å². The number of amides is 1. The molecule has 0 saturated carbocycles. The summed E-state index contributed by atoms with van der Waals surface area (Å²) in [5.41, 5.74) is 0.507. The summed E-state index contributed by atoms with van der Waals surface area (Å²) in [4.78, 5) is 12.2. The molecule has 1 aromatic rings. The van der Waals surface area contributed by atoms with Gasteiger partial charge in [0.15, 0.2) is 0 Å². The van der Waals surface area contributed by atoms with Gasteiger partial charge in [-0.15, -0.1) is 0 Å². The molecule has 1 rings (SSSR count). The molecule has 106 valence electrons. The van der Waals surface area contributed by atoms with Crippen LogP contribution < -0.4 is 14.8 Å². The highest BCUT2D eigenvalue weighted by Gasteiger charge is 2.14. The van der Waals surface area contributed by atoms with Crippen LogP contribution in [0.1, 0.15) is 37.0 Å². The summed E-state index contributed by atoms with van der Waals surface area (Å²) >= 11 is 0. The van der Waals surface area contributed by atoms with Crippen molar-refractivity contribution < 1.29 is 14.3 Å². The number of hydrogen-bond acceptors (Lipinski definition) is 3. The van der Waals surface area contributed by atoms with Gasteiger partial charge in [0.25, 0.3) is 5.91 Å². The molecule has 19 heavy (non-hydrogen) atoms. The molecule has 1 aromatic carbocycles. The summed E-state index contributed by atoms with van der Waals surface area (Å²) in [5.74, 6) is 1.60. The lowest BCUT2D eigenvalue weighted by Crippen LogP contribution is -2.29. The van der Waals surface area contributed by atoms with Gasteiger partial charge < -0.3 is 14.8 Å². The van der Waals surface area contributed by atoms with Crippen molar-refractivity contribution in [3.63, 3.8) is 0 Å². The zero-order valence-electron chi connectivity index (χ0n) is 12.2. The van der Waals surface area contributed by atoms with E-state index in [2.05, 4.69) is 19.2 Å². The fourth-order valence-corrected chi connectivity index (χ4v) is 1.90. The lowest BCUT2D eigenvalue weighted by molar-refractivity contribution is 0.0943. The lowest BCUT2D eigenvalue weighted by atomic mass is 10.0. The Balaban J connectivity index is 2.80. The quantitative estimate of drug-likeness (QED) is 0.824. The van der Waals surface area contributed by atoms with Crippen LogP contribution in [0.4, 0.5) is 0 Å². The highest BCUT2D eigenvalue weighted by atomic mass is 16.5. The molecule has 0 aromatic heterocycles. The molecule has 0 heterocycles. The molecule has 0 saturated heterocycles. The summed E-state index contributed by atoms with van der Waals surface area (Å²) in [5, 5.41) is 2.95.